The van der Waals surface area contributed by atoms with Crippen molar-refractivity contribution in [3.05, 3.63) is 11.6 Å². The van der Waals surface area contributed by atoms with Gasteiger partial charge >= 0.3 is 5.97 Å². The smallest absolute Gasteiger partial charge is 0.309 e. The highest BCUT2D eigenvalue weighted by Gasteiger charge is 2.70. The molecule has 4 nitrogen and oxygen atoms in total. The number of hydrogen-bond acceptors (Lipinski definition) is 4. The van der Waals surface area contributed by atoms with E-state index in [1.807, 2.05) is 0 Å². The second kappa shape index (κ2) is 7.20. The molecule has 9 atom stereocenters. The molecule has 1 N–H and O–H groups in total. The number of hydrogen-bond donors (Lipinski definition) is 1. The van der Waals surface area contributed by atoms with Crippen LogP contribution in [-0.4, -0.2) is 29.1 Å². The zero-order valence-corrected chi connectivity index (χ0v) is 22.7. The second-order valence-electron chi connectivity index (χ2n) is 14.7. The van der Waals surface area contributed by atoms with E-state index in [-0.39, 0.29) is 51.5 Å². The fraction of sp³-hybridized carbons (Fsp3) is 0.867. The Morgan fingerprint density at radius 3 is 2.35 bits per heavy atom. The van der Waals surface area contributed by atoms with Crippen LogP contribution < -0.4 is 0 Å². The van der Waals surface area contributed by atoms with Crippen molar-refractivity contribution in [1.29, 1.82) is 0 Å². The summed E-state index contributed by atoms with van der Waals surface area (Å²) in [6, 6.07) is 0. The van der Waals surface area contributed by atoms with Crippen molar-refractivity contribution in [3.63, 3.8) is 0 Å². The average Bonchev–Trinajstić information content (AvgIpc) is 2.80. The average molecular weight is 471 g/mol. The van der Waals surface area contributed by atoms with Crippen LogP contribution in [0.15, 0.2) is 11.6 Å². The third kappa shape index (κ3) is 2.93. The lowest BCUT2D eigenvalue weighted by atomic mass is 9.34. The summed E-state index contributed by atoms with van der Waals surface area (Å²) in [6.45, 7) is 18.3. The number of ether oxygens (including phenoxy) is 1. The van der Waals surface area contributed by atoms with Gasteiger partial charge in [-0.3, -0.25) is 9.59 Å². The molecule has 1 saturated heterocycles. The zero-order chi connectivity index (χ0) is 25.1. The van der Waals surface area contributed by atoms with Crippen LogP contribution in [0, 0.1) is 50.7 Å². The summed E-state index contributed by atoms with van der Waals surface area (Å²) < 4.78 is 6.22. The molecule has 0 aromatic heterocycles. The fourth-order valence-corrected chi connectivity index (χ4v) is 9.96. The number of carbonyl (C=O) groups is 2. The number of rotatable bonds is 1. The van der Waals surface area contributed by atoms with E-state index >= 15 is 0 Å². The highest BCUT2D eigenvalue weighted by Crippen LogP contribution is 2.74. The minimum Gasteiger partial charge on any atom is -0.458 e. The topological polar surface area (TPSA) is 63.6 Å². The molecule has 5 aliphatic rings. The van der Waals surface area contributed by atoms with Gasteiger partial charge < -0.3 is 9.84 Å². The number of Topliss-reactive ketones (excluding diaryl/α,β-unsaturated/α-hetero) is 1. The van der Waals surface area contributed by atoms with Gasteiger partial charge in [-0.15, -0.1) is 0 Å². The van der Waals surface area contributed by atoms with Crippen LogP contribution in [0.2, 0.25) is 0 Å². The predicted molar refractivity (Wildman–Crippen MR) is 133 cm³/mol. The first-order valence-corrected chi connectivity index (χ1v) is 13.7. The number of allylic oxidation sites excluding steroid dienone is 1. The Bertz CT molecular complexity index is 947. The molecule has 0 radical (unpaired) electrons. The SMILES string of the molecule is CC(C)[C@@H]1CC[C@]2(C)[C@@H]3C(C=C4[C@@H]5CC(C)(C)C(=O)C[C@]5(C)CC[C@]42C)OC(=O)CC(O)[C@]31C. The summed E-state index contributed by atoms with van der Waals surface area (Å²) in [4.78, 5) is 26.0. The Balaban J connectivity index is 1.71. The van der Waals surface area contributed by atoms with Gasteiger partial charge in [-0.05, 0) is 72.2 Å². The Morgan fingerprint density at radius 1 is 1.03 bits per heavy atom. The molecular weight excluding hydrogens is 424 g/mol. The van der Waals surface area contributed by atoms with Crippen molar-refractivity contribution in [3.8, 4) is 0 Å². The van der Waals surface area contributed by atoms with Crippen LogP contribution in [0.3, 0.4) is 0 Å². The third-order valence-corrected chi connectivity index (χ3v) is 12.3. The molecule has 4 heteroatoms. The van der Waals surface area contributed by atoms with Gasteiger partial charge in [-0.1, -0.05) is 61.0 Å². The number of aliphatic hydroxyl groups excluding tert-OH is 1. The second-order valence-corrected chi connectivity index (χ2v) is 14.7. The maximum absolute atomic E-state index is 13.0. The van der Waals surface area contributed by atoms with Gasteiger partial charge in [0, 0.05) is 23.2 Å². The van der Waals surface area contributed by atoms with Crippen molar-refractivity contribution in [2.75, 3.05) is 0 Å². The van der Waals surface area contributed by atoms with Gasteiger partial charge in [0.25, 0.3) is 0 Å². The van der Waals surface area contributed by atoms with Gasteiger partial charge in [-0.2, -0.15) is 0 Å². The zero-order valence-electron chi connectivity index (χ0n) is 22.7. The lowest BCUT2D eigenvalue weighted by Crippen LogP contribution is -2.66. The Hall–Kier alpha value is -1.16. The highest BCUT2D eigenvalue weighted by atomic mass is 16.5. The normalized spacial score (nSPS) is 52.1. The van der Waals surface area contributed by atoms with E-state index in [4.69, 9.17) is 4.74 Å². The predicted octanol–water partition coefficient (Wildman–Crippen LogP) is 6.11. The van der Waals surface area contributed by atoms with E-state index in [1.54, 1.807) is 0 Å². The fourth-order valence-electron chi connectivity index (χ4n) is 9.96. The molecule has 5 rings (SSSR count). The number of carbonyl (C=O) groups excluding carboxylic acids is 2. The first-order chi connectivity index (χ1) is 15.6. The quantitative estimate of drug-likeness (QED) is 0.371. The monoisotopic (exact) mass is 470 g/mol. The summed E-state index contributed by atoms with van der Waals surface area (Å²) in [5, 5.41) is 11.6. The molecule has 190 valence electrons. The van der Waals surface area contributed by atoms with Gasteiger partial charge in [0.1, 0.15) is 11.9 Å². The van der Waals surface area contributed by atoms with Gasteiger partial charge in [0.05, 0.1) is 12.5 Å². The minimum absolute atomic E-state index is 0.0194. The minimum atomic E-state index is -0.680. The summed E-state index contributed by atoms with van der Waals surface area (Å²) in [5.74, 6) is 1.35. The molecule has 0 spiro atoms. The van der Waals surface area contributed by atoms with E-state index in [0.29, 0.717) is 30.0 Å². The van der Waals surface area contributed by atoms with Crippen LogP contribution in [0.25, 0.3) is 0 Å². The molecule has 0 bridgehead atoms. The summed E-state index contributed by atoms with van der Waals surface area (Å²) >= 11 is 0. The number of fused-ring (bicyclic) bond motifs is 4. The van der Waals surface area contributed by atoms with Gasteiger partial charge in [0.2, 0.25) is 0 Å². The van der Waals surface area contributed by atoms with Crippen molar-refractivity contribution in [2.24, 2.45) is 50.7 Å². The number of ketones is 1. The van der Waals surface area contributed by atoms with E-state index < -0.39 is 6.10 Å². The van der Waals surface area contributed by atoms with Crippen LogP contribution in [0.4, 0.5) is 0 Å². The summed E-state index contributed by atoms with van der Waals surface area (Å²) in [6.07, 6.45) is 7.26. The molecule has 0 aromatic carbocycles. The third-order valence-electron chi connectivity index (χ3n) is 12.3. The first kappa shape index (κ1) is 24.5. The van der Waals surface area contributed by atoms with Gasteiger partial charge in [-0.25, -0.2) is 0 Å². The standard InChI is InChI=1S/C30H46O4/c1-17(2)18-9-10-29(7)25-21(34-24(33)14-22(31)30(18,25)8)13-19-20-15-26(3,4)23(32)16-27(20,5)11-12-28(19,29)6/h13,17-18,20-22,25,31H,9-12,14-16H2,1-8H3/t18-,20-,21?,22?,25-,27-,28+,29+,30+/m0/s1. The summed E-state index contributed by atoms with van der Waals surface area (Å²) in [5.41, 5.74) is 0.648. The van der Waals surface area contributed by atoms with Crippen molar-refractivity contribution >= 4 is 11.8 Å². The molecule has 0 amide bonds. The Kier molecular flexibility index (Phi) is 5.20. The lowest BCUT2D eigenvalue weighted by molar-refractivity contribution is -0.205. The lowest BCUT2D eigenvalue weighted by Gasteiger charge is -2.70. The van der Waals surface area contributed by atoms with E-state index in [1.165, 1.54) is 5.57 Å². The van der Waals surface area contributed by atoms with Crippen LogP contribution >= 0.6 is 0 Å². The van der Waals surface area contributed by atoms with Crippen molar-refractivity contribution in [1.82, 2.24) is 0 Å². The number of aliphatic hydroxyl groups is 1. The number of esters is 1. The van der Waals surface area contributed by atoms with E-state index in [2.05, 4.69) is 61.5 Å². The maximum Gasteiger partial charge on any atom is 0.309 e. The van der Waals surface area contributed by atoms with Crippen LogP contribution in [-0.2, 0) is 14.3 Å². The Labute approximate surface area is 206 Å². The molecule has 3 saturated carbocycles. The largest absolute Gasteiger partial charge is 0.458 e. The summed E-state index contributed by atoms with van der Waals surface area (Å²) in [7, 11) is 0. The molecule has 2 unspecified atom stereocenters. The molecule has 1 aliphatic heterocycles. The van der Waals surface area contributed by atoms with Crippen LogP contribution in [0.1, 0.15) is 100 Å². The maximum atomic E-state index is 13.0. The molecule has 4 aliphatic carbocycles. The van der Waals surface area contributed by atoms with Crippen molar-refractivity contribution in [2.45, 2.75) is 113 Å². The molecule has 0 aromatic rings. The molecular formula is C30H46O4. The molecule has 4 fully saturated rings. The Morgan fingerprint density at radius 2 is 1.71 bits per heavy atom. The molecule has 34 heavy (non-hydrogen) atoms. The van der Waals surface area contributed by atoms with Crippen molar-refractivity contribution < 1.29 is 19.4 Å². The van der Waals surface area contributed by atoms with Gasteiger partial charge in [0.15, 0.2) is 0 Å². The van der Waals surface area contributed by atoms with Crippen LogP contribution in [0.5, 0.6) is 0 Å². The van der Waals surface area contributed by atoms with E-state index in [0.717, 1.165) is 32.1 Å². The first-order valence-electron chi connectivity index (χ1n) is 13.7. The highest BCUT2D eigenvalue weighted by molar-refractivity contribution is 5.86. The molecule has 1 heterocycles. The van der Waals surface area contributed by atoms with E-state index in [9.17, 15) is 14.7 Å².